The number of hydrogen-bond acceptors (Lipinski definition) is 3. The lowest BCUT2D eigenvalue weighted by Crippen LogP contribution is -2.67. The Morgan fingerprint density at radius 2 is 2.00 bits per heavy atom. The summed E-state index contributed by atoms with van der Waals surface area (Å²) in [7, 11) is 0. The number of nitrogens with one attached hydrogen (secondary N) is 1. The topological polar surface area (TPSA) is 24.5 Å². The van der Waals surface area contributed by atoms with Crippen LogP contribution in [-0.4, -0.2) is 48.8 Å². The highest BCUT2D eigenvalue weighted by atomic mass is 16.5. The van der Waals surface area contributed by atoms with E-state index in [0.29, 0.717) is 23.5 Å². The van der Waals surface area contributed by atoms with E-state index in [0.717, 1.165) is 25.7 Å². The molecule has 0 aromatic heterocycles. The second-order valence-electron chi connectivity index (χ2n) is 7.06. The van der Waals surface area contributed by atoms with Gasteiger partial charge in [0, 0.05) is 37.3 Å². The van der Waals surface area contributed by atoms with Crippen LogP contribution in [0.4, 0.5) is 0 Å². The van der Waals surface area contributed by atoms with Gasteiger partial charge in [0.25, 0.3) is 0 Å². The van der Waals surface area contributed by atoms with Gasteiger partial charge >= 0.3 is 0 Å². The number of rotatable bonds is 6. The van der Waals surface area contributed by atoms with Gasteiger partial charge in [-0.05, 0) is 45.4 Å². The average molecular weight is 268 g/mol. The maximum atomic E-state index is 5.66. The Hall–Kier alpha value is -0.120. The minimum Gasteiger partial charge on any atom is -0.380 e. The van der Waals surface area contributed by atoms with E-state index >= 15 is 0 Å². The number of piperazine rings is 1. The van der Waals surface area contributed by atoms with Crippen molar-refractivity contribution >= 4 is 0 Å². The molecule has 3 unspecified atom stereocenters. The van der Waals surface area contributed by atoms with Gasteiger partial charge in [0.1, 0.15) is 0 Å². The molecular weight excluding hydrogens is 236 g/mol. The van der Waals surface area contributed by atoms with Crippen molar-refractivity contribution < 1.29 is 4.74 Å². The van der Waals surface area contributed by atoms with E-state index in [2.05, 4.69) is 44.8 Å². The van der Waals surface area contributed by atoms with Crippen LogP contribution in [0.2, 0.25) is 0 Å². The van der Waals surface area contributed by atoms with Crippen LogP contribution in [0.3, 0.4) is 0 Å². The summed E-state index contributed by atoms with van der Waals surface area (Å²) in [5, 5.41) is 3.85. The second kappa shape index (κ2) is 6.11. The van der Waals surface area contributed by atoms with Crippen molar-refractivity contribution in [2.24, 2.45) is 11.8 Å². The van der Waals surface area contributed by atoms with Crippen molar-refractivity contribution in [1.82, 2.24) is 10.2 Å². The van der Waals surface area contributed by atoms with Gasteiger partial charge in [0.2, 0.25) is 0 Å². The van der Waals surface area contributed by atoms with Gasteiger partial charge in [-0.15, -0.1) is 0 Å². The smallest absolute Gasteiger partial charge is 0.0619 e. The summed E-state index contributed by atoms with van der Waals surface area (Å²) >= 11 is 0. The van der Waals surface area contributed by atoms with Crippen LogP contribution in [-0.2, 0) is 4.74 Å². The molecule has 19 heavy (non-hydrogen) atoms. The van der Waals surface area contributed by atoms with E-state index < -0.39 is 0 Å². The van der Waals surface area contributed by atoms with Gasteiger partial charge in [0.15, 0.2) is 0 Å². The van der Waals surface area contributed by atoms with E-state index in [1.807, 2.05) is 0 Å². The predicted molar refractivity (Wildman–Crippen MR) is 80.4 cm³/mol. The van der Waals surface area contributed by atoms with E-state index in [4.69, 9.17) is 4.74 Å². The Balaban J connectivity index is 2.03. The van der Waals surface area contributed by atoms with Gasteiger partial charge in [-0.3, -0.25) is 4.90 Å². The third-order valence-electron chi connectivity index (χ3n) is 5.03. The lowest BCUT2D eigenvalue weighted by Gasteiger charge is -2.50. The molecule has 3 atom stereocenters. The molecule has 0 aromatic carbocycles. The molecule has 0 amide bonds. The Kier molecular flexibility index (Phi) is 4.91. The maximum Gasteiger partial charge on any atom is 0.0619 e. The first kappa shape index (κ1) is 15.3. The molecule has 0 aromatic rings. The van der Waals surface area contributed by atoms with E-state index in [-0.39, 0.29) is 0 Å². The summed E-state index contributed by atoms with van der Waals surface area (Å²) in [6.07, 6.45) is 2.81. The zero-order valence-corrected chi connectivity index (χ0v) is 13.4. The SMILES string of the molecule is CCOCC(C)N1CC(C)(C2CC2)NCC1C(C)C. The summed E-state index contributed by atoms with van der Waals surface area (Å²) in [5.74, 6) is 1.59. The highest BCUT2D eigenvalue weighted by molar-refractivity contribution is 5.05. The van der Waals surface area contributed by atoms with Gasteiger partial charge in [-0.1, -0.05) is 13.8 Å². The summed E-state index contributed by atoms with van der Waals surface area (Å²) < 4.78 is 5.66. The molecule has 3 heteroatoms. The summed E-state index contributed by atoms with van der Waals surface area (Å²) in [5.41, 5.74) is 0.325. The fraction of sp³-hybridized carbons (Fsp3) is 1.00. The van der Waals surface area contributed by atoms with E-state index in [9.17, 15) is 0 Å². The molecule has 112 valence electrons. The van der Waals surface area contributed by atoms with Gasteiger partial charge in [-0.25, -0.2) is 0 Å². The van der Waals surface area contributed by atoms with Crippen molar-refractivity contribution in [1.29, 1.82) is 0 Å². The first-order valence-corrected chi connectivity index (χ1v) is 8.06. The molecule has 0 bridgehead atoms. The van der Waals surface area contributed by atoms with Crippen LogP contribution in [0.15, 0.2) is 0 Å². The van der Waals surface area contributed by atoms with Crippen molar-refractivity contribution in [3.05, 3.63) is 0 Å². The minimum atomic E-state index is 0.325. The molecule has 0 radical (unpaired) electrons. The standard InChI is InChI=1S/C16H32N2O/c1-6-19-10-13(4)18-11-16(5,14-7-8-14)17-9-15(18)12(2)3/h12-15,17H,6-11H2,1-5H3. The normalized spacial score (nSPS) is 34.7. The molecular formula is C16H32N2O. The summed E-state index contributed by atoms with van der Waals surface area (Å²) in [4.78, 5) is 2.70. The molecule has 2 rings (SSSR count). The first-order valence-electron chi connectivity index (χ1n) is 8.06. The fourth-order valence-corrected chi connectivity index (χ4v) is 3.49. The van der Waals surface area contributed by atoms with E-state index in [1.165, 1.54) is 19.4 Å². The maximum absolute atomic E-state index is 5.66. The van der Waals surface area contributed by atoms with Crippen LogP contribution < -0.4 is 5.32 Å². The Bertz CT molecular complexity index is 290. The van der Waals surface area contributed by atoms with Crippen molar-refractivity contribution in [2.75, 3.05) is 26.3 Å². The molecule has 3 nitrogen and oxygen atoms in total. The highest BCUT2D eigenvalue weighted by Gasteiger charge is 2.47. The lowest BCUT2D eigenvalue weighted by molar-refractivity contribution is -0.00983. The monoisotopic (exact) mass is 268 g/mol. The largest absolute Gasteiger partial charge is 0.380 e. The quantitative estimate of drug-likeness (QED) is 0.801. The number of hydrogen-bond donors (Lipinski definition) is 1. The van der Waals surface area contributed by atoms with Crippen molar-refractivity contribution in [2.45, 2.75) is 65.1 Å². The van der Waals surface area contributed by atoms with Crippen molar-refractivity contribution in [3.8, 4) is 0 Å². The van der Waals surface area contributed by atoms with Gasteiger partial charge in [-0.2, -0.15) is 0 Å². The second-order valence-corrected chi connectivity index (χ2v) is 7.06. The zero-order chi connectivity index (χ0) is 14.0. The van der Waals surface area contributed by atoms with Crippen LogP contribution in [0, 0.1) is 11.8 Å². The van der Waals surface area contributed by atoms with E-state index in [1.54, 1.807) is 0 Å². The minimum absolute atomic E-state index is 0.325. The molecule has 1 N–H and O–H groups in total. The summed E-state index contributed by atoms with van der Waals surface area (Å²) in [6, 6.07) is 1.16. The van der Waals surface area contributed by atoms with Gasteiger partial charge in [0.05, 0.1) is 6.61 Å². The summed E-state index contributed by atoms with van der Waals surface area (Å²) in [6.45, 7) is 15.5. The van der Waals surface area contributed by atoms with Crippen LogP contribution >= 0.6 is 0 Å². The Morgan fingerprint density at radius 3 is 2.53 bits per heavy atom. The third kappa shape index (κ3) is 3.50. The molecule has 1 saturated heterocycles. The number of nitrogens with zero attached hydrogens (tertiary/aromatic N) is 1. The fourth-order valence-electron chi connectivity index (χ4n) is 3.49. The Labute approximate surface area is 119 Å². The molecule has 2 fully saturated rings. The lowest BCUT2D eigenvalue weighted by atomic mass is 9.87. The van der Waals surface area contributed by atoms with Crippen LogP contribution in [0.25, 0.3) is 0 Å². The molecule has 1 aliphatic carbocycles. The molecule has 0 spiro atoms. The molecule has 1 saturated carbocycles. The van der Waals surface area contributed by atoms with Crippen LogP contribution in [0.5, 0.6) is 0 Å². The molecule has 1 aliphatic heterocycles. The third-order valence-corrected chi connectivity index (χ3v) is 5.03. The predicted octanol–water partition coefficient (Wildman–Crippen LogP) is 2.51. The number of ether oxygens (including phenoxy) is 1. The Morgan fingerprint density at radius 1 is 1.32 bits per heavy atom. The zero-order valence-electron chi connectivity index (χ0n) is 13.4. The highest BCUT2D eigenvalue weighted by Crippen LogP contribution is 2.42. The molecule has 1 heterocycles. The average Bonchev–Trinajstić information content (AvgIpc) is 3.20. The van der Waals surface area contributed by atoms with Gasteiger partial charge < -0.3 is 10.1 Å². The van der Waals surface area contributed by atoms with Crippen molar-refractivity contribution in [3.63, 3.8) is 0 Å². The van der Waals surface area contributed by atoms with Crippen LogP contribution in [0.1, 0.15) is 47.5 Å². The first-order chi connectivity index (χ1) is 8.98. The molecule has 2 aliphatic rings.